The Morgan fingerprint density at radius 2 is 1.94 bits per heavy atom. The van der Waals surface area contributed by atoms with E-state index in [1.54, 1.807) is 0 Å². The van der Waals surface area contributed by atoms with Crippen LogP contribution in [0.1, 0.15) is 38.7 Å². The molecule has 0 saturated heterocycles. The van der Waals surface area contributed by atoms with Gasteiger partial charge in [0, 0.05) is 15.9 Å². The molecule has 0 aromatic heterocycles. The highest BCUT2D eigenvalue weighted by Gasteiger charge is 2.42. The lowest BCUT2D eigenvalue weighted by molar-refractivity contribution is 0.128. The van der Waals surface area contributed by atoms with Gasteiger partial charge in [-0.2, -0.15) is 0 Å². The zero-order chi connectivity index (χ0) is 13.3. The van der Waals surface area contributed by atoms with E-state index in [0.717, 1.165) is 10.9 Å². The number of carbonyl (C=O) groups is 1. The van der Waals surface area contributed by atoms with Crippen LogP contribution >= 0.6 is 15.9 Å². The topological polar surface area (TPSA) is 38.3 Å². The maximum Gasteiger partial charge on any atom is 0.407 e. The van der Waals surface area contributed by atoms with Gasteiger partial charge in [0.2, 0.25) is 0 Å². The van der Waals surface area contributed by atoms with E-state index in [0.29, 0.717) is 5.92 Å². The number of halogens is 1. The molecule has 1 amide bonds. The van der Waals surface area contributed by atoms with Crippen molar-refractivity contribution in [2.24, 2.45) is 0 Å². The van der Waals surface area contributed by atoms with Crippen molar-refractivity contribution in [2.75, 3.05) is 0 Å². The number of amides is 1. The Hall–Kier alpha value is -1.03. The minimum Gasteiger partial charge on any atom is -0.446 e. The summed E-state index contributed by atoms with van der Waals surface area (Å²) in [6.45, 7) is 5.81. The molecule has 1 aliphatic rings. The highest BCUT2D eigenvalue weighted by Crippen LogP contribution is 2.43. The maximum absolute atomic E-state index is 11.6. The van der Waals surface area contributed by atoms with Crippen molar-refractivity contribution in [3.8, 4) is 0 Å². The summed E-state index contributed by atoms with van der Waals surface area (Å²) in [6, 6.07) is 8.17. The first-order valence-electron chi connectivity index (χ1n) is 6.09. The second-order valence-electron chi connectivity index (χ2n) is 5.71. The van der Waals surface area contributed by atoms with Gasteiger partial charge in [0.1, 0.15) is 6.10 Å². The molecule has 2 unspecified atom stereocenters. The van der Waals surface area contributed by atoms with Crippen LogP contribution in [-0.2, 0) is 4.74 Å². The zero-order valence-electron chi connectivity index (χ0n) is 10.9. The van der Waals surface area contributed by atoms with Crippen LogP contribution in [0.5, 0.6) is 0 Å². The molecular weight excluding hydrogens is 294 g/mol. The number of rotatable bonds is 2. The molecule has 2 rings (SSSR count). The fourth-order valence-corrected chi connectivity index (χ4v) is 2.10. The lowest BCUT2D eigenvalue weighted by atomic mass is 10.1. The van der Waals surface area contributed by atoms with Crippen LogP contribution < -0.4 is 5.32 Å². The highest BCUT2D eigenvalue weighted by atomic mass is 79.9. The fourth-order valence-electron chi connectivity index (χ4n) is 1.84. The Labute approximate surface area is 116 Å². The number of carbonyl (C=O) groups excluding carboxylic acids is 1. The van der Waals surface area contributed by atoms with Crippen LogP contribution in [0.2, 0.25) is 0 Å². The van der Waals surface area contributed by atoms with Gasteiger partial charge in [-0.05, 0) is 44.9 Å². The Balaban J connectivity index is 1.85. The molecule has 1 saturated carbocycles. The van der Waals surface area contributed by atoms with Crippen molar-refractivity contribution in [1.29, 1.82) is 0 Å². The quantitative estimate of drug-likeness (QED) is 0.901. The average molecular weight is 312 g/mol. The lowest BCUT2D eigenvalue weighted by Gasteiger charge is -2.20. The Bertz CT molecular complexity index is 436. The average Bonchev–Trinajstić information content (AvgIpc) is 2.95. The summed E-state index contributed by atoms with van der Waals surface area (Å²) in [7, 11) is 0. The number of benzene rings is 1. The zero-order valence-corrected chi connectivity index (χ0v) is 12.5. The normalized spacial score (nSPS) is 22.4. The number of nitrogens with one attached hydrogen (secondary N) is 1. The van der Waals surface area contributed by atoms with Crippen molar-refractivity contribution in [3.05, 3.63) is 34.3 Å². The first-order chi connectivity index (χ1) is 8.35. The molecule has 1 aromatic rings. The van der Waals surface area contributed by atoms with E-state index in [1.807, 2.05) is 32.9 Å². The summed E-state index contributed by atoms with van der Waals surface area (Å²) in [5.41, 5.74) is 0.978. The van der Waals surface area contributed by atoms with Gasteiger partial charge in [0.15, 0.2) is 0 Å². The molecule has 0 spiro atoms. The van der Waals surface area contributed by atoms with Crippen molar-refractivity contribution in [1.82, 2.24) is 5.32 Å². The van der Waals surface area contributed by atoms with Gasteiger partial charge in [-0.25, -0.2) is 4.79 Å². The van der Waals surface area contributed by atoms with Crippen molar-refractivity contribution in [2.45, 2.75) is 44.8 Å². The summed E-state index contributed by atoms with van der Waals surface area (Å²) in [6.07, 6.45) is 0.611. The second-order valence-corrected chi connectivity index (χ2v) is 6.63. The molecule has 0 bridgehead atoms. The van der Waals surface area contributed by atoms with E-state index >= 15 is 0 Å². The maximum atomic E-state index is 11.6. The third kappa shape index (κ3) is 3.73. The van der Waals surface area contributed by atoms with Crippen LogP contribution in [0.15, 0.2) is 28.7 Å². The third-order valence-corrected chi connectivity index (χ3v) is 3.29. The van der Waals surface area contributed by atoms with Crippen LogP contribution in [0.4, 0.5) is 4.79 Å². The minimum atomic E-state index is -0.327. The van der Waals surface area contributed by atoms with Gasteiger partial charge >= 0.3 is 6.09 Å². The highest BCUT2D eigenvalue weighted by molar-refractivity contribution is 9.10. The van der Waals surface area contributed by atoms with Gasteiger partial charge < -0.3 is 10.1 Å². The minimum absolute atomic E-state index is 0.0218. The Morgan fingerprint density at radius 3 is 2.50 bits per heavy atom. The Kier molecular flexibility index (Phi) is 3.66. The molecule has 0 heterocycles. The van der Waals surface area contributed by atoms with E-state index in [-0.39, 0.29) is 17.7 Å². The number of hydrogen-bond acceptors (Lipinski definition) is 2. The smallest absolute Gasteiger partial charge is 0.407 e. The molecule has 1 fully saturated rings. The second kappa shape index (κ2) is 4.92. The third-order valence-electron chi connectivity index (χ3n) is 2.77. The van der Waals surface area contributed by atoms with Gasteiger partial charge in [0.05, 0.1) is 0 Å². The summed E-state index contributed by atoms with van der Waals surface area (Å²) in [5, 5.41) is 2.80. The van der Waals surface area contributed by atoms with Crippen molar-refractivity contribution < 1.29 is 9.53 Å². The molecular formula is C14H18BrNO2. The Morgan fingerprint density at radius 1 is 1.33 bits per heavy atom. The number of ether oxygens (including phenoxy) is 1. The molecule has 1 aliphatic carbocycles. The summed E-state index contributed by atoms with van der Waals surface area (Å²) >= 11 is 3.41. The molecule has 1 N–H and O–H groups in total. The number of alkyl carbamates (subject to hydrolysis) is 1. The van der Waals surface area contributed by atoms with Crippen LogP contribution in [0, 0.1) is 0 Å². The lowest BCUT2D eigenvalue weighted by Crippen LogP contribution is -2.41. The summed E-state index contributed by atoms with van der Waals surface area (Å²) in [4.78, 5) is 11.6. The van der Waals surface area contributed by atoms with Gasteiger partial charge in [-0.1, -0.05) is 28.1 Å². The van der Waals surface area contributed by atoms with Gasteiger partial charge in [-0.3, -0.25) is 0 Å². The molecule has 0 radical (unpaired) electrons. The van der Waals surface area contributed by atoms with Crippen molar-refractivity contribution in [3.63, 3.8) is 0 Å². The molecule has 3 nitrogen and oxygen atoms in total. The van der Waals surface area contributed by atoms with E-state index in [2.05, 4.69) is 33.4 Å². The number of hydrogen-bond donors (Lipinski definition) is 1. The predicted octanol–water partition coefficient (Wildman–Crippen LogP) is 3.83. The first-order valence-corrected chi connectivity index (χ1v) is 6.89. The summed E-state index contributed by atoms with van der Waals surface area (Å²) in [5.74, 6) is 0.351. The standard InChI is InChI=1S/C14H18BrNO2/c1-14(2,3)16-13(17)18-12-8-11(12)9-4-6-10(15)7-5-9/h4-7,11-12H,8H2,1-3H3,(H,16,17). The largest absolute Gasteiger partial charge is 0.446 e. The molecule has 18 heavy (non-hydrogen) atoms. The van der Waals surface area contributed by atoms with Crippen LogP contribution in [0.3, 0.4) is 0 Å². The molecule has 4 heteroatoms. The molecule has 2 atom stereocenters. The fraction of sp³-hybridized carbons (Fsp3) is 0.500. The molecule has 98 valence electrons. The summed E-state index contributed by atoms with van der Waals surface area (Å²) < 4.78 is 6.44. The van der Waals surface area contributed by atoms with Gasteiger partial charge in [0.25, 0.3) is 0 Å². The monoisotopic (exact) mass is 311 g/mol. The van der Waals surface area contributed by atoms with Crippen molar-refractivity contribution >= 4 is 22.0 Å². The first kappa shape index (κ1) is 13.4. The van der Waals surface area contributed by atoms with Crippen LogP contribution in [-0.4, -0.2) is 17.7 Å². The van der Waals surface area contributed by atoms with Crippen LogP contribution in [0.25, 0.3) is 0 Å². The van der Waals surface area contributed by atoms with E-state index < -0.39 is 0 Å². The molecule has 0 aliphatic heterocycles. The van der Waals surface area contributed by atoms with E-state index in [9.17, 15) is 4.79 Å². The van der Waals surface area contributed by atoms with E-state index in [4.69, 9.17) is 4.74 Å². The molecule has 1 aromatic carbocycles. The van der Waals surface area contributed by atoms with Gasteiger partial charge in [-0.15, -0.1) is 0 Å². The van der Waals surface area contributed by atoms with E-state index in [1.165, 1.54) is 5.56 Å². The SMILES string of the molecule is CC(C)(C)NC(=O)OC1CC1c1ccc(Br)cc1. The predicted molar refractivity (Wildman–Crippen MR) is 74.7 cm³/mol.